The molecule has 0 atom stereocenters. The number of hydrogen-bond donors (Lipinski definition) is 0. The van der Waals surface area contributed by atoms with Crippen LogP contribution >= 0.6 is 11.3 Å². The van der Waals surface area contributed by atoms with Gasteiger partial charge in [0.25, 0.3) is 5.91 Å². The summed E-state index contributed by atoms with van der Waals surface area (Å²) in [6.07, 6.45) is 0. The van der Waals surface area contributed by atoms with Crippen LogP contribution in [0, 0.1) is 6.92 Å². The lowest BCUT2D eigenvalue weighted by Gasteiger charge is -2.18. The molecule has 0 unspecified atom stereocenters. The van der Waals surface area contributed by atoms with Crippen molar-refractivity contribution in [1.82, 2.24) is 9.88 Å². The van der Waals surface area contributed by atoms with Gasteiger partial charge in [0.15, 0.2) is 0 Å². The molecule has 0 aliphatic heterocycles. The topological polar surface area (TPSA) is 51.7 Å². The Hall–Kier alpha value is -2.86. The van der Waals surface area contributed by atoms with Crippen LogP contribution in [0.1, 0.15) is 21.6 Å². The van der Waals surface area contributed by atoms with Gasteiger partial charge in [-0.15, -0.1) is 11.3 Å². The highest BCUT2D eigenvalue weighted by atomic mass is 32.1. The van der Waals surface area contributed by atoms with Gasteiger partial charge in [0, 0.05) is 18.0 Å². The molecular weight excluding hydrogens is 360 g/mol. The van der Waals surface area contributed by atoms with Gasteiger partial charge in [-0.05, 0) is 36.8 Å². The molecule has 0 saturated carbocycles. The van der Waals surface area contributed by atoms with Gasteiger partial charge < -0.3 is 14.4 Å². The highest BCUT2D eigenvalue weighted by Crippen LogP contribution is 2.18. The first-order valence-electron chi connectivity index (χ1n) is 8.67. The molecule has 1 heterocycles. The van der Waals surface area contributed by atoms with Crippen molar-refractivity contribution in [2.24, 2.45) is 0 Å². The number of likely N-dealkylation sites (N-methyl/N-ethyl adjacent to an activating group) is 1. The minimum absolute atomic E-state index is 0.0671. The zero-order chi connectivity index (χ0) is 19.1. The number of benzene rings is 2. The number of hydrogen-bond acceptors (Lipinski definition) is 5. The molecule has 1 amide bonds. The van der Waals surface area contributed by atoms with Crippen molar-refractivity contribution < 1.29 is 14.3 Å². The Morgan fingerprint density at radius 2 is 2.00 bits per heavy atom. The van der Waals surface area contributed by atoms with Crippen LogP contribution in [0.4, 0.5) is 0 Å². The van der Waals surface area contributed by atoms with Crippen molar-refractivity contribution >= 4 is 17.2 Å². The molecule has 27 heavy (non-hydrogen) atoms. The van der Waals surface area contributed by atoms with Gasteiger partial charge in [0.05, 0.1) is 17.7 Å². The zero-order valence-corrected chi connectivity index (χ0v) is 16.2. The van der Waals surface area contributed by atoms with Crippen LogP contribution in [0.5, 0.6) is 11.5 Å². The van der Waals surface area contributed by atoms with Gasteiger partial charge >= 0.3 is 0 Å². The smallest absolute Gasteiger partial charge is 0.253 e. The van der Waals surface area contributed by atoms with Crippen molar-refractivity contribution in [2.45, 2.75) is 13.5 Å². The van der Waals surface area contributed by atoms with Crippen molar-refractivity contribution in [3.8, 4) is 11.5 Å². The predicted molar refractivity (Wildman–Crippen MR) is 107 cm³/mol. The monoisotopic (exact) mass is 382 g/mol. The Morgan fingerprint density at radius 1 is 1.15 bits per heavy atom. The summed E-state index contributed by atoms with van der Waals surface area (Å²) in [6.45, 7) is 3.33. The van der Waals surface area contributed by atoms with E-state index in [0.717, 1.165) is 17.0 Å². The molecule has 6 heteroatoms. The van der Waals surface area contributed by atoms with Crippen LogP contribution in [-0.4, -0.2) is 36.0 Å². The lowest BCUT2D eigenvalue weighted by Crippen LogP contribution is -2.30. The van der Waals surface area contributed by atoms with E-state index in [0.29, 0.717) is 31.1 Å². The van der Waals surface area contributed by atoms with Crippen LogP contribution in [-0.2, 0) is 6.61 Å². The molecule has 0 N–H and O–H groups in total. The largest absolute Gasteiger partial charge is 0.491 e. The normalized spacial score (nSPS) is 10.4. The van der Waals surface area contributed by atoms with Crippen molar-refractivity contribution in [2.75, 3.05) is 20.2 Å². The van der Waals surface area contributed by atoms with Crippen LogP contribution in [0.15, 0.2) is 59.4 Å². The number of aromatic nitrogens is 1. The number of amides is 1. The number of rotatable bonds is 8. The van der Waals surface area contributed by atoms with Gasteiger partial charge in [-0.3, -0.25) is 4.79 Å². The lowest BCUT2D eigenvalue weighted by atomic mass is 10.2. The highest BCUT2D eigenvalue weighted by molar-refractivity contribution is 7.07. The Bertz CT molecular complexity index is 881. The van der Waals surface area contributed by atoms with Crippen LogP contribution < -0.4 is 9.47 Å². The third kappa shape index (κ3) is 5.31. The van der Waals surface area contributed by atoms with Crippen LogP contribution in [0.2, 0.25) is 0 Å². The average molecular weight is 382 g/mol. The fourth-order valence-electron chi connectivity index (χ4n) is 2.52. The molecule has 2 aromatic carbocycles. The molecule has 140 valence electrons. The van der Waals surface area contributed by atoms with E-state index in [2.05, 4.69) is 4.98 Å². The standard InChI is InChI=1S/C21H22N2O3S/c1-16-6-3-4-9-20(16)25-11-10-23(2)21(24)17-7-5-8-19(12-17)26-13-18-14-27-15-22-18/h3-9,12,14-15H,10-11,13H2,1-2H3. The SMILES string of the molecule is Cc1ccccc1OCCN(C)C(=O)c1cccc(OCc2cscn2)c1. The Morgan fingerprint density at radius 3 is 2.78 bits per heavy atom. The second-order valence-corrected chi connectivity index (χ2v) is 6.86. The number of carbonyl (C=O) groups is 1. The van der Waals surface area contributed by atoms with Gasteiger partial charge in [-0.2, -0.15) is 0 Å². The maximum absolute atomic E-state index is 12.6. The second kappa shape index (κ2) is 9.19. The molecule has 0 aliphatic carbocycles. The number of carbonyl (C=O) groups excluding carboxylic acids is 1. The molecule has 5 nitrogen and oxygen atoms in total. The highest BCUT2D eigenvalue weighted by Gasteiger charge is 2.13. The molecule has 3 rings (SSSR count). The number of para-hydroxylation sites is 1. The third-order valence-electron chi connectivity index (χ3n) is 4.08. The van der Waals surface area contributed by atoms with E-state index < -0.39 is 0 Å². The van der Waals surface area contributed by atoms with Gasteiger partial charge in [-0.1, -0.05) is 24.3 Å². The number of nitrogens with zero attached hydrogens (tertiary/aromatic N) is 2. The second-order valence-electron chi connectivity index (χ2n) is 6.14. The Labute approximate surface area is 163 Å². The van der Waals surface area contributed by atoms with E-state index in [1.807, 2.05) is 48.7 Å². The third-order valence-corrected chi connectivity index (χ3v) is 4.71. The first-order chi connectivity index (χ1) is 13.1. The lowest BCUT2D eigenvalue weighted by molar-refractivity contribution is 0.0773. The molecular formula is C21H22N2O3S. The summed E-state index contributed by atoms with van der Waals surface area (Å²) >= 11 is 1.53. The predicted octanol–water partition coefficient (Wildman–Crippen LogP) is 4.18. The van der Waals surface area contributed by atoms with E-state index >= 15 is 0 Å². The first-order valence-corrected chi connectivity index (χ1v) is 9.61. The van der Waals surface area contributed by atoms with E-state index in [9.17, 15) is 4.79 Å². The number of aryl methyl sites for hydroxylation is 1. The van der Waals surface area contributed by atoms with Crippen molar-refractivity contribution in [3.63, 3.8) is 0 Å². The molecule has 0 bridgehead atoms. The molecule has 0 aliphatic rings. The van der Waals surface area contributed by atoms with Gasteiger partial charge in [-0.25, -0.2) is 4.98 Å². The summed E-state index contributed by atoms with van der Waals surface area (Å²) in [6, 6.07) is 15.0. The molecule has 0 saturated heterocycles. The van der Waals surface area contributed by atoms with Gasteiger partial charge in [0.1, 0.15) is 24.7 Å². The minimum atomic E-state index is -0.0671. The van der Waals surface area contributed by atoms with Gasteiger partial charge in [0.2, 0.25) is 0 Å². The van der Waals surface area contributed by atoms with E-state index in [4.69, 9.17) is 9.47 Å². The van der Waals surface area contributed by atoms with Crippen LogP contribution in [0.3, 0.4) is 0 Å². The number of ether oxygens (including phenoxy) is 2. The van der Waals surface area contributed by atoms with Crippen molar-refractivity contribution in [1.29, 1.82) is 0 Å². The Kier molecular flexibility index (Phi) is 6.44. The van der Waals surface area contributed by atoms with Crippen LogP contribution in [0.25, 0.3) is 0 Å². The quantitative estimate of drug-likeness (QED) is 0.586. The van der Waals surface area contributed by atoms with E-state index in [1.54, 1.807) is 29.6 Å². The summed E-state index contributed by atoms with van der Waals surface area (Å²) < 4.78 is 11.5. The maximum Gasteiger partial charge on any atom is 0.253 e. The summed E-state index contributed by atoms with van der Waals surface area (Å²) in [4.78, 5) is 18.5. The maximum atomic E-state index is 12.6. The molecule has 0 fully saturated rings. The zero-order valence-electron chi connectivity index (χ0n) is 15.4. The fraction of sp³-hybridized carbons (Fsp3) is 0.238. The molecule has 0 spiro atoms. The minimum Gasteiger partial charge on any atom is -0.491 e. The van der Waals surface area contributed by atoms with Crippen molar-refractivity contribution in [3.05, 3.63) is 76.2 Å². The molecule has 3 aromatic rings. The molecule has 1 aromatic heterocycles. The van der Waals surface area contributed by atoms with E-state index in [1.165, 1.54) is 11.3 Å². The summed E-state index contributed by atoms with van der Waals surface area (Å²) in [7, 11) is 1.77. The average Bonchev–Trinajstić information content (AvgIpc) is 3.21. The number of thiazole rings is 1. The van der Waals surface area contributed by atoms with E-state index in [-0.39, 0.29) is 5.91 Å². The first kappa shape index (κ1) is 18.9. The Balaban J connectivity index is 1.53. The summed E-state index contributed by atoms with van der Waals surface area (Å²) in [5.41, 5.74) is 4.31. The molecule has 0 radical (unpaired) electrons. The summed E-state index contributed by atoms with van der Waals surface area (Å²) in [5.74, 6) is 1.43. The fourth-order valence-corrected chi connectivity index (χ4v) is 3.06. The summed E-state index contributed by atoms with van der Waals surface area (Å²) in [5, 5.41) is 1.94.